The van der Waals surface area contributed by atoms with Crippen LogP contribution >= 0.6 is 11.3 Å². The minimum Gasteiger partial charge on any atom is -0.497 e. The van der Waals surface area contributed by atoms with Crippen molar-refractivity contribution in [2.75, 3.05) is 20.8 Å². The average Bonchev–Trinajstić information content (AvgIpc) is 3.60. The van der Waals surface area contributed by atoms with E-state index < -0.39 is 12.0 Å². The van der Waals surface area contributed by atoms with E-state index in [4.69, 9.17) is 19.2 Å². The van der Waals surface area contributed by atoms with Gasteiger partial charge >= 0.3 is 5.97 Å². The van der Waals surface area contributed by atoms with Gasteiger partial charge in [0, 0.05) is 34.8 Å². The third-order valence-electron chi connectivity index (χ3n) is 8.61. The van der Waals surface area contributed by atoms with Crippen molar-refractivity contribution in [3.8, 4) is 11.5 Å². The second-order valence-electron chi connectivity index (χ2n) is 11.4. The molecule has 7 rings (SSSR count). The van der Waals surface area contributed by atoms with Crippen LogP contribution in [-0.4, -0.2) is 35.9 Å². The molecular weight excluding hydrogens is 629 g/mol. The third kappa shape index (κ3) is 5.37. The maximum absolute atomic E-state index is 14.6. The number of rotatable bonds is 8. The van der Waals surface area contributed by atoms with Gasteiger partial charge in [0.1, 0.15) is 23.4 Å². The molecule has 0 fully saturated rings. The summed E-state index contributed by atoms with van der Waals surface area (Å²) in [6.45, 7) is 4.20. The summed E-state index contributed by atoms with van der Waals surface area (Å²) in [5, 5.41) is 2.63. The predicted molar refractivity (Wildman–Crippen MR) is 185 cm³/mol. The molecule has 0 bridgehead atoms. The van der Waals surface area contributed by atoms with Gasteiger partial charge in [-0.05, 0) is 72.7 Å². The van der Waals surface area contributed by atoms with Gasteiger partial charge in [0.2, 0.25) is 0 Å². The highest BCUT2D eigenvalue weighted by atomic mass is 32.1. The second-order valence-corrected chi connectivity index (χ2v) is 12.4. The lowest BCUT2D eigenvalue weighted by atomic mass is 9.90. The summed E-state index contributed by atoms with van der Waals surface area (Å²) in [6, 6.07) is 23.0. The number of nitrogens with zero attached hydrogens (tertiary/aromatic N) is 3. The van der Waals surface area contributed by atoms with E-state index in [2.05, 4.69) is 4.57 Å². The molecule has 0 spiro atoms. The monoisotopic (exact) mass is 661 g/mol. The number of hydrogen-bond donors (Lipinski definition) is 0. The van der Waals surface area contributed by atoms with Gasteiger partial charge in [0.25, 0.3) is 5.56 Å². The lowest BCUT2D eigenvalue weighted by molar-refractivity contribution is -0.139. The van der Waals surface area contributed by atoms with Crippen LogP contribution < -0.4 is 24.4 Å². The minimum absolute atomic E-state index is 0.162. The first-order valence-corrected chi connectivity index (χ1v) is 16.3. The van der Waals surface area contributed by atoms with Gasteiger partial charge in [-0.25, -0.2) is 14.2 Å². The number of halogens is 1. The van der Waals surface area contributed by atoms with Crippen LogP contribution in [0.15, 0.2) is 106 Å². The molecule has 0 amide bonds. The van der Waals surface area contributed by atoms with E-state index in [1.807, 2.05) is 66.9 Å². The van der Waals surface area contributed by atoms with E-state index in [0.717, 1.165) is 32.8 Å². The van der Waals surface area contributed by atoms with E-state index in [1.54, 1.807) is 44.8 Å². The molecule has 8 nitrogen and oxygen atoms in total. The Kier molecular flexibility index (Phi) is 8.18. The summed E-state index contributed by atoms with van der Waals surface area (Å²) in [4.78, 5) is 33.4. The average molecular weight is 662 g/mol. The van der Waals surface area contributed by atoms with E-state index >= 15 is 0 Å². The molecule has 0 aliphatic carbocycles. The molecule has 2 aromatic heterocycles. The maximum Gasteiger partial charge on any atom is 0.338 e. The van der Waals surface area contributed by atoms with E-state index in [0.29, 0.717) is 38.6 Å². The van der Waals surface area contributed by atoms with Crippen LogP contribution in [0.3, 0.4) is 0 Å². The summed E-state index contributed by atoms with van der Waals surface area (Å²) in [6.07, 6.45) is 3.87. The molecule has 0 saturated heterocycles. The highest BCUT2D eigenvalue weighted by molar-refractivity contribution is 7.07. The van der Waals surface area contributed by atoms with Crippen LogP contribution in [0.25, 0.3) is 27.8 Å². The van der Waals surface area contributed by atoms with Crippen LogP contribution in [0.2, 0.25) is 0 Å². The maximum atomic E-state index is 14.6. The molecule has 242 valence electrons. The Balaban J connectivity index is 1.46. The largest absolute Gasteiger partial charge is 0.497 e. The normalized spacial score (nSPS) is 14.7. The van der Waals surface area contributed by atoms with Crippen LogP contribution in [0.1, 0.15) is 36.6 Å². The summed E-state index contributed by atoms with van der Waals surface area (Å²) in [7, 11) is 3.16. The molecule has 10 heteroatoms. The number of aromatic nitrogens is 2. The highest BCUT2D eigenvalue weighted by Crippen LogP contribution is 2.41. The Hall–Kier alpha value is -5.48. The second kappa shape index (κ2) is 12.6. The molecule has 6 aromatic rings. The zero-order chi connectivity index (χ0) is 33.5. The van der Waals surface area contributed by atoms with Crippen molar-refractivity contribution in [3.05, 3.63) is 139 Å². The van der Waals surface area contributed by atoms with Crippen molar-refractivity contribution in [3.63, 3.8) is 0 Å². The Morgan fingerprint density at radius 2 is 1.77 bits per heavy atom. The number of esters is 1. The number of thiazole rings is 1. The predicted octanol–water partition coefficient (Wildman–Crippen LogP) is 6.11. The Bertz CT molecular complexity index is 2430. The quantitative estimate of drug-likeness (QED) is 0.184. The summed E-state index contributed by atoms with van der Waals surface area (Å²) < 4.78 is 34.7. The first-order chi connectivity index (χ1) is 23.3. The number of benzene rings is 4. The van der Waals surface area contributed by atoms with Gasteiger partial charge in [0.05, 0.1) is 36.6 Å². The SMILES string of the molecule is CCOC(=O)C1=C(C)N=c2sc(=Cc3cn(Cc4ccc(F)cc4)c4ccccc34)c(=O)n2C1c1c(OC)ccc2ccc(OC)cc12. The fourth-order valence-electron chi connectivity index (χ4n) is 6.40. The van der Waals surface area contributed by atoms with Gasteiger partial charge in [-0.2, -0.15) is 0 Å². The van der Waals surface area contributed by atoms with Crippen molar-refractivity contribution >= 4 is 45.1 Å². The first-order valence-electron chi connectivity index (χ1n) is 15.5. The Labute approximate surface area is 279 Å². The van der Waals surface area contributed by atoms with Crippen molar-refractivity contribution in [1.29, 1.82) is 0 Å². The standard InChI is InChI=1S/C38H32FN3O5S/c1-5-47-37(44)33-22(2)40-38-42(35(33)34-29-19-27(45-3)16-12-24(29)13-17-31(34)46-4)36(43)32(48-38)18-25-21-41(30-9-7-6-8-28(25)30)20-23-10-14-26(39)15-11-23/h6-19,21,35H,5,20H2,1-4H3. The van der Waals surface area contributed by atoms with Crippen molar-refractivity contribution < 1.29 is 23.4 Å². The molecule has 1 aliphatic heterocycles. The summed E-state index contributed by atoms with van der Waals surface area (Å²) in [5.74, 6) is 0.298. The third-order valence-corrected chi connectivity index (χ3v) is 9.60. The number of fused-ring (bicyclic) bond motifs is 3. The molecule has 1 atom stereocenters. The van der Waals surface area contributed by atoms with E-state index in [9.17, 15) is 14.0 Å². The topological polar surface area (TPSA) is 84.1 Å². The fourth-order valence-corrected chi connectivity index (χ4v) is 7.44. The molecule has 48 heavy (non-hydrogen) atoms. The minimum atomic E-state index is -0.881. The number of hydrogen-bond acceptors (Lipinski definition) is 7. The van der Waals surface area contributed by atoms with Crippen LogP contribution in [-0.2, 0) is 16.1 Å². The molecule has 1 aliphatic rings. The van der Waals surface area contributed by atoms with Crippen LogP contribution in [0, 0.1) is 5.82 Å². The lowest BCUT2D eigenvalue weighted by Crippen LogP contribution is -2.40. The van der Waals surface area contributed by atoms with Crippen molar-refractivity contribution in [2.24, 2.45) is 4.99 Å². The van der Waals surface area contributed by atoms with E-state index in [-0.39, 0.29) is 23.6 Å². The Morgan fingerprint density at radius 1 is 1.00 bits per heavy atom. The number of allylic oxidation sites excluding steroid dienone is 1. The zero-order valence-electron chi connectivity index (χ0n) is 26.8. The highest BCUT2D eigenvalue weighted by Gasteiger charge is 2.36. The van der Waals surface area contributed by atoms with Gasteiger partial charge in [0.15, 0.2) is 4.80 Å². The molecular formula is C38H32FN3O5S. The first kappa shape index (κ1) is 31.1. The van der Waals surface area contributed by atoms with Crippen molar-refractivity contribution in [2.45, 2.75) is 26.4 Å². The Morgan fingerprint density at radius 3 is 2.52 bits per heavy atom. The molecule has 0 saturated carbocycles. The van der Waals surface area contributed by atoms with Crippen molar-refractivity contribution in [1.82, 2.24) is 9.13 Å². The van der Waals surface area contributed by atoms with Crippen LogP contribution in [0.4, 0.5) is 4.39 Å². The smallest absolute Gasteiger partial charge is 0.338 e. The van der Waals surface area contributed by atoms with Gasteiger partial charge in [-0.15, -0.1) is 0 Å². The molecule has 3 heterocycles. The van der Waals surface area contributed by atoms with Gasteiger partial charge in [-0.1, -0.05) is 53.8 Å². The number of carbonyl (C=O) groups excluding carboxylic acids is 1. The zero-order valence-corrected chi connectivity index (χ0v) is 27.6. The summed E-state index contributed by atoms with van der Waals surface area (Å²) in [5.41, 5.74) is 3.84. The number of para-hydroxylation sites is 1. The van der Waals surface area contributed by atoms with Gasteiger partial charge < -0.3 is 18.8 Å². The fraction of sp³-hybridized carbons (Fsp3) is 0.184. The number of methoxy groups -OCH3 is 2. The molecule has 1 unspecified atom stereocenters. The van der Waals surface area contributed by atoms with E-state index in [1.165, 1.54) is 23.5 Å². The number of carbonyl (C=O) groups is 1. The molecule has 0 radical (unpaired) electrons. The van der Waals surface area contributed by atoms with Crippen LogP contribution in [0.5, 0.6) is 11.5 Å². The number of ether oxygens (including phenoxy) is 3. The summed E-state index contributed by atoms with van der Waals surface area (Å²) >= 11 is 1.26. The molecule has 0 N–H and O–H groups in total. The molecule has 4 aromatic carbocycles. The lowest BCUT2D eigenvalue weighted by Gasteiger charge is -2.27. The van der Waals surface area contributed by atoms with Gasteiger partial charge in [-0.3, -0.25) is 9.36 Å².